The molecule has 0 aliphatic heterocycles. The Kier molecular flexibility index (Phi) is 2.77. The minimum atomic E-state index is 0.618. The first kappa shape index (κ1) is 11.6. The lowest BCUT2D eigenvalue weighted by atomic mass is 9.46. The molecule has 1 aromatic rings. The van der Waals surface area contributed by atoms with Crippen LogP contribution in [0.15, 0.2) is 35.2 Å². The van der Waals surface area contributed by atoms with E-state index in [0.717, 1.165) is 23.0 Å². The molecule has 1 heteroatoms. The quantitative estimate of drug-likeness (QED) is 0.719. The summed E-state index contributed by atoms with van der Waals surface area (Å²) in [4.78, 5) is 1.45. The molecule has 0 nitrogen and oxygen atoms in total. The van der Waals surface area contributed by atoms with Crippen molar-refractivity contribution in [2.24, 2.45) is 23.2 Å². The van der Waals surface area contributed by atoms with Crippen molar-refractivity contribution in [3.63, 3.8) is 0 Å². The van der Waals surface area contributed by atoms with Gasteiger partial charge in [-0.1, -0.05) is 39.0 Å². The van der Waals surface area contributed by atoms with Gasteiger partial charge in [-0.3, -0.25) is 0 Å². The molecule has 3 saturated carbocycles. The second-order valence-corrected chi connectivity index (χ2v) is 7.74. The van der Waals surface area contributed by atoms with E-state index in [0.29, 0.717) is 5.41 Å². The number of hydrogen-bond acceptors (Lipinski definition) is 1. The molecule has 0 spiro atoms. The van der Waals surface area contributed by atoms with Gasteiger partial charge in [-0.2, -0.15) is 0 Å². The SMILES string of the molecule is C[C@@H]1[C@H]2C[C@@H](C[C@H]1Sc1ccccc1)C2(C)C. The third-order valence-electron chi connectivity index (χ3n) is 5.31. The molecule has 4 atom stereocenters. The first-order chi connectivity index (χ1) is 8.09. The summed E-state index contributed by atoms with van der Waals surface area (Å²) < 4.78 is 0. The number of rotatable bonds is 2. The third-order valence-corrected chi connectivity index (χ3v) is 6.78. The van der Waals surface area contributed by atoms with Crippen molar-refractivity contribution in [1.82, 2.24) is 0 Å². The largest absolute Gasteiger partial charge is 0.122 e. The van der Waals surface area contributed by atoms with Gasteiger partial charge in [0.05, 0.1) is 0 Å². The molecule has 0 unspecified atom stereocenters. The summed E-state index contributed by atoms with van der Waals surface area (Å²) in [7, 11) is 0. The van der Waals surface area contributed by atoms with Crippen LogP contribution in [-0.4, -0.2) is 5.25 Å². The van der Waals surface area contributed by atoms with Gasteiger partial charge in [-0.25, -0.2) is 0 Å². The lowest BCUT2D eigenvalue weighted by Crippen LogP contribution is -2.55. The van der Waals surface area contributed by atoms with Gasteiger partial charge in [-0.15, -0.1) is 11.8 Å². The monoisotopic (exact) mass is 246 g/mol. The fourth-order valence-corrected chi connectivity index (χ4v) is 5.33. The van der Waals surface area contributed by atoms with Crippen molar-refractivity contribution in [3.8, 4) is 0 Å². The Bertz CT molecular complexity index is 395. The van der Waals surface area contributed by atoms with Crippen molar-refractivity contribution >= 4 is 11.8 Å². The molecule has 0 aromatic heterocycles. The minimum Gasteiger partial charge on any atom is -0.122 e. The Hall–Kier alpha value is -0.430. The molecule has 0 radical (unpaired) electrons. The van der Waals surface area contributed by atoms with Crippen LogP contribution in [-0.2, 0) is 0 Å². The van der Waals surface area contributed by atoms with Gasteiger partial charge in [0.25, 0.3) is 0 Å². The lowest BCUT2D eigenvalue weighted by molar-refractivity contribution is -0.0950. The second kappa shape index (κ2) is 4.05. The number of fused-ring (bicyclic) bond motifs is 2. The third kappa shape index (κ3) is 1.83. The predicted octanol–water partition coefficient (Wildman–Crippen LogP) is 4.85. The van der Waals surface area contributed by atoms with Gasteiger partial charge in [0, 0.05) is 10.1 Å². The van der Waals surface area contributed by atoms with E-state index in [9.17, 15) is 0 Å². The van der Waals surface area contributed by atoms with Gasteiger partial charge in [0.15, 0.2) is 0 Å². The van der Waals surface area contributed by atoms with Crippen molar-refractivity contribution < 1.29 is 0 Å². The molecule has 2 bridgehead atoms. The van der Waals surface area contributed by atoms with Gasteiger partial charge >= 0.3 is 0 Å². The first-order valence-corrected chi connectivity index (χ1v) is 7.68. The molecule has 0 heterocycles. The van der Waals surface area contributed by atoms with E-state index in [2.05, 4.69) is 62.9 Å². The zero-order valence-electron chi connectivity index (χ0n) is 11.0. The molecule has 1 aromatic carbocycles. The normalized spacial score (nSPS) is 38.5. The second-order valence-electron chi connectivity index (χ2n) is 6.42. The average molecular weight is 246 g/mol. The van der Waals surface area contributed by atoms with Crippen molar-refractivity contribution in [3.05, 3.63) is 30.3 Å². The lowest BCUT2D eigenvalue weighted by Gasteiger charge is -2.62. The van der Waals surface area contributed by atoms with Crippen LogP contribution in [0.1, 0.15) is 33.6 Å². The number of thioether (sulfide) groups is 1. The van der Waals surface area contributed by atoms with Crippen LogP contribution < -0.4 is 0 Å². The van der Waals surface area contributed by atoms with Gasteiger partial charge in [-0.05, 0) is 48.1 Å². The summed E-state index contributed by atoms with van der Waals surface area (Å²) in [5, 5.41) is 0.842. The van der Waals surface area contributed by atoms with Crippen LogP contribution in [0, 0.1) is 23.2 Å². The van der Waals surface area contributed by atoms with Crippen LogP contribution in [0.3, 0.4) is 0 Å². The minimum absolute atomic E-state index is 0.618. The van der Waals surface area contributed by atoms with Crippen molar-refractivity contribution in [2.75, 3.05) is 0 Å². The zero-order valence-corrected chi connectivity index (χ0v) is 11.8. The van der Waals surface area contributed by atoms with Crippen LogP contribution in [0.5, 0.6) is 0 Å². The molecule has 17 heavy (non-hydrogen) atoms. The zero-order chi connectivity index (χ0) is 12.0. The van der Waals surface area contributed by atoms with Crippen LogP contribution >= 0.6 is 11.8 Å². The summed E-state index contributed by atoms with van der Waals surface area (Å²) in [6.07, 6.45) is 2.91. The highest BCUT2D eigenvalue weighted by Crippen LogP contribution is 2.63. The maximum absolute atomic E-state index is 2.48. The van der Waals surface area contributed by atoms with E-state index in [1.54, 1.807) is 0 Å². The highest BCUT2D eigenvalue weighted by molar-refractivity contribution is 8.00. The van der Waals surface area contributed by atoms with E-state index >= 15 is 0 Å². The summed E-state index contributed by atoms with van der Waals surface area (Å²) in [5.74, 6) is 2.81. The Morgan fingerprint density at radius 2 is 1.82 bits per heavy atom. The van der Waals surface area contributed by atoms with Crippen LogP contribution in [0.4, 0.5) is 0 Å². The molecule has 0 amide bonds. The molecule has 0 N–H and O–H groups in total. The first-order valence-electron chi connectivity index (χ1n) is 6.80. The van der Waals surface area contributed by atoms with Crippen LogP contribution in [0.2, 0.25) is 0 Å². The number of hydrogen-bond donors (Lipinski definition) is 0. The Morgan fingerprint density at radius 3 is 2.41 bits per heavy atom. The van der Waals surface area contributed by atoms with E-state index in [1.165, 1.54) is 17.7 Å². The highest BCUT2D eigenvalue weighted by atomic mass is 32.2. The molecular formula is C16H22S. The average Bonchev–Trinajstić information content (AvgIpc) is 2.32. The molecule has 3 aliphatic carbocycles. The van der Waals surface area contributed by atoms with E-state index < -0.39 is 0 Å². The maximum Gasteiger partial charge on any atom is 0.0126 e. The molecule has 92 valence electrons. The smallest absolute Gasteiger partial charge is 0.0126 e. The number of benzene rings is 1. The summed E-state index contributed by atoms with van der Waals surface area (Å²) in [6.45, 7) is 7.43. The summed E-state index contributed by atoms with van der Waals surface area (Å²) in [6, 6.07) is 10.9. The van der Waals surface area contributed by atoms with Gasteiger partial charge < -0.3 is 0 Å². The van der Waals surface area contributed by atoms with Gasteiger partial charge in [0.1, 0.15) is 0 Å². The van der Waals surface area contributed by atoms with Crippen LogP contribution in [0.25, 0.3) is 0 Å². The molecule has 3 aliphatic rings. The van der Waals surface area contributed by atoms with Crippen molar-refractivity contribution in [1.29, 1.82) is 0 Å². The topological polar surface area (TPSA) is 0 Å². The maximum atomic E-state index is 2.48. The molecular weight excluding hydrogens is 224 g/mol. The Morgan fingerprint density at radius 1 is 1.12 bits per heavy atom. The van der Waals surface area contributed by atoms with Crippen molar-refractivity contribution in [2.45, 2.75) is 43.8 Å². The molecule has 3 fully saturated rings. The Labute approximate surface area is 109 Å². The molecule has 4 rings (SSSR count). The summed E-state index contributed by atoms with van der Waals surface area (Å²) >= 11 is 2.11. The van der Waals surface area contributed by atoms with Gasteiger partial charge in [0.2, 0.25) is 0 Å². The van der Waals surface area contributed by atoms with E-state index in [4.69, 9.17) is 0 Å². The standard InChI is InChI=1S/C16H22S/c1-11-14-9-12(16(14,2)3)10-15(11)17-13-7-5-4-6-8-13/h4-8,11-12,14-15H,9-10H2,1-3H3/t11-,12+,14-,15-/m1/s1. The highest BCUT2D eigenvalue weighted by Gasteiger charge is 2.56. The fourth-order valence-electron chi connectivity index (χ4n) is 3.93. The predicted molar refractivity (Wildman–Crippen MR) is 75.2 cm³/mol. The molecule has 0 saturated heterocycles. The fraction of sp³-hybridized carbons (Fsp3) is 0.625. The summed E-state index contributed by atoms with van der Waals surface area (Å²) in [5.41, 5.74) is 0.618. The van der Waals surface area contributed by atoms with E-state index in [1.807, 2.05) is 0 Å². The Balaban J connectivity index is 1.71. The van der Waals surface area contributed by atoms with E-state index in [-0.39, 0.29) is 0 Å².